The molecule has 0 spiro atoms. The normalized spacial score (nSPS) is 17.4. The zero-order valence-electron chi connectivity index (χ0n) is 22.3. The number of hydrogen-bond acceptors (Lipinski definition) is 5. The minimum atomic E-state index is -0.696. The number of carbonyl (C=O) groups excluding carboxylic acids is 2. The van der Waals surface area contributed by atoms with Crippen LogP contribution < -0.4 is 25.1 Å². The summed E-state index contributed by atoms with van der Waals surface area (Å²) in [5, 5.41) is 2.96. The predicted molar refractivity (Wildman–Crippen MR) is 158 cm³/mol. The maximum absolute atomic E-state index is 14.3. The summed E-state index contributed by atoms with van der Waals surface area (Å²) >= 11 is 1.21. The molecule has 200 valence electrons. The molecule has 1 N–H and O–H groups in total. The van der Waals surface area contributed by atoms with Crippen molar-refractivity contribution in [3.63, 3.8) is 0 Å². The van der Waals surface area contributed by atoms with E-state index in [0.29, 0.717) is 38.4 Å². The average Bonchev–Trinajstić information content (AvgIpc) is 3.43. The minimum Gasteiger partial charge on any atom is -0.322 e. The smallest absolute Gasteiger partial charge is 0.271 e. The number of carbonyl (C=O) groups is 2. The van der Waals surface area contributed by atoms with E-state index in [9.17, 15) is 14.4 Å². The van der Waals surface area contributed by atoms with E-state index in [1.807, 2.05) is 84.9 Å². The SMILES string of the molecule is CCCCN1C(=O)/C(=c2/sc3n(c2=O)[C@@H](c2ccccc2)C(C(=O)Nc2ccccc2)=C(C)N=3)c2ccccc21. The number of fused-ring (bicyclic) bond motifs is 2. The van der Waals surface area contributed by atoms with Crippen LogP contribution in [-0.2, 0) is 9.59 Å². The fourth-order valence-corrected chi connectivity index (χ4v) is 6.51. The van der Waals surface area contributed by atoms with Crippen molar-refractivity contribution in [1.82, 2.24) is 4.57 Å². The molecule has 2 aliphatic heterocycles. The number of para-hydroxylation sites is 2. The summed E-state index contributed by atoms with van der Waals surface area (Å²) in [6, 6.07) is 25.6. The third-order valence-electron chi connectivity index (χ3n) is 7.27. The van der Waals surface area contributed by atoms with Crippen molar-refractivity contribution < 1.29 is 9.59 Å². The first-order chi connectivity index (χ1) is 19.5. The summed E-state index contributed by atoms with van der Waals surface area (Å²) in [5.74, 6) is -0.499. The zero-order chi connectivity index (χ0) is 27.8. The fourth-order valence-electron chi connectivity index (χ4n) is 5.37. The molecule has 2 aliphatic rings. The second kappa shape index (κ2) is 10.5. The van der Waals surface area contributed by atoms with Crippen LogP contribution in [0.15, 0.2) is 106 Å². The molecule has 0 saturated heterocycles. The molecule has 3 heterocycles. The number of aromatic nitrogens is 1. The number of thiazole rings is 1. The highest BCUT2D eigenvalue weighted by Crippen LogP contribution is 2.36. The summed E-state index contributed by atoms with van der Waals surface area (Å²) < 4.78 is 1.91. The standard InChI is InChI=1S/C32H28N4O3S/c1-3-4-19-35-24-18-12-11-17-23(24)26(30(35)38)28-31(39)36-27(21-13-7-5-8-14-21)25(20(2)33-32(36)40-28)29(37)34-22-15-9-6-10-16-22/h5-18,27H,3-4,19H2,1-2H3,(H,34,37)/b28-26+/t27-/m0/s1. The van der Waals surface area contributed by atoms with E-state index in [2.05, 4.69) is 12.2 Å². The molecular formula is C32H28N4O3S. The molecule has 2 amide bonds. The van der Waals surface area contributed by atoms with Crippen molar-refractivity contribution in [2.75, 3.05) is 16.8 Å². The van der Waals surface area contributed by atoms with Gasteiger partial charge in [0.15, 0.2) is 4.80 Å². The van der Waals surface area contributed by atoms with E-state index >= 15 is 0 Å². The van der Waals surface area contributed by atoms with Crippen LogP contribution in [0.2, 0.25) is 0 Å². The molecule has 1 aromatic heterocycles. The van der Waals surface area contributed by atoms with E-state index in [4.69, 9.17) is 4.99 Å². The highest BCUT2D eigenvalue weighted by Gasteiger charge is 2.36. The van der Waals surface area contributed by atoms with Gasteiger partial charge in [0, 0.05) is 17.8 Å². The van der Waals surface area contributed by atoms with E-state index in [1.165, 1.54) is 11.3 Å². The third kappa shape index (κ3) is 4.30. The van der Waals surface area contributed by atoms with Gasteiger partial charge in [0.1, 0.15) is 4.53 Å². The van der Waals surface area contributed by atoms with Crippen LogP contribution in [0, 0.1) is 0 Å². The molecule has 7 nitrogen and oxygen atoms in total. The van der Waals surface area contributed by atoms with Gasteiger partial charge in [0.05, 0.1) is 28.6 Å². The second-order valence-electron chi connectivity index (χ2n) is 9.84. The summed E-state index contributed by atoms with van der Waals surface area (Å²) in [6.45, 7) is 4.46. The lowest BCUT2D eigenvalue weighted by atomic mass is 9.95. The molecule has 0 aliphatic carbocycles. The summed E-state index contributed by atoms with van der Waals surface area (Å²) in [4.78, 5) is 48.7. The molecule has 0 bridgehead atoms. The van der Waals surface area contributed by atoms with E-state index in [1.54, 1.807) is 16.4 Å². The Morgan fingerprint density at radius 2 is 1.62 bits per heavy atom. The lowest BCUT2D eigenvalue weighted by Crippen LogP contribution is -2.41. The Hall–Kier alpha value is -4.56. The van der Waals surface area contributed by atoms with Crippen LogP contribution in [0.1, 0.15) is 43.9 Å². The molecule has 6 rings (SSSR count). The fraction of sp³-hybridized carbons (Fsp3) is 0.188. The maximum atomic E-state index is 14.3. The maximum Gasteiger partial charge on any atom is 0.271 e. The second-order valence-corrected chi connectivity index (χ2v) is 10.8. The first kappa shape index (κ1) is 25.7. The number of benzene rings is 3. The first-order valence-corrected chi connectivity index (χ1v) is 14.2. The van der Waals surface area contributed by atoms with Crippen molar-refractivity contribution >= 4 is 40.1 Å². The van der Waals surface area contributed by atoms with Gasteiger partial charge in [0.2, 0.25) is 0 Å². The van der Waals surface area contributed by atoms with Crippen LogP contribution in [-0.4, -0.2) is 22.9 Å². The molecule has 0 saturated carbocycles. The van der Waals surface area contributed by atoms with Crippen molar-refractivity contribution in [1.29, 1.82) is 0 Å². The molecule has 0 unspecified atom stereocenters. The van der Waals surface area contributed by atoms with Gasteiger partial charge in [-0.1, -0.05) is 91.4 Å². The Labute approximate surface area is 235 Å². The minimum absolute atomic E-state index is 0.172. The molecule has 3 aromatic carbocycles. The average molecular weight is 549 g/mol. The number of unbranched alkanes of at least 4 members (excludes halogenated alkanes) is 1. The lowest BCUT2D eigenvalue weighted by molar-refractivity contribution is -0.114. The zero-order valence-corrected chi connectivity index (χ0v) is 23.1. The molecule has 0 fully saturated rings. The van der Waals surface area contributed by atoms with Gasteiger partial charge in [-0.25, -0.2) is 4.99 Å². The molecule has 0 radical (unpaired) electrons. The number of hydrogen-bond donors (Lipinski definition) is 1. The largest absolute Gasteiger partial charge is 0.322 e. The van der Waals surface area contributed by atoms with Crippen LogP contribution in [0.25, 0.3) is 5.57 Å². The van der Waals surface area contributed by atoms with E-state index in [0.717, 1.165) is 29.7 Å². The van der Waals surface area contributed by atoms with Crippen LogP contribution in [0.3, 0.4) is 0 Å². The number of anilines is 2. The Kier molecular flexibility index (Phi) is 6.77. The van der Waals surface area contributed by atoms with Gasteiger partial charge in [-0.3, -0.25) is 19.0 Å². The Morgan fingerprint density at radius 1 is 0.950 bits per heavy atom. The molecule has 4 aromatic rings. The highest BCUT2D eigenvalue weighted by atomic mass is 32.1. The van der Waals surface area contributed by atoms with E-state index < -0.39 is 6.04 Å². The quantitative estimate of drug-likeness (QED) is 0.388. The van der Waals surface area contributed by atoms with Gasteiger partial charge in [-0.15, -0.1) is 0 Å². The first-order valence-electron chi connectivity index (χ1n) is 13.4. The van der Waals surface area contributed by atoms with Crippen molar-refractivity contribution in [3.05, 3.63) is 127 Å². The monoisotopic (exact) mass is 548 g/mol. The number of nitrogens with zero attached hydrogens (tertiary/aromatic N) is 3. The van der Waals surface area contributed by atoms with Crippen LogP contribution in [0.5, 0.6) is 0 Å². The lowest BCUT2D eigenvalue weighted by Gasteiger charge is -2.25. The van der Waals surface area contributed by atoms with Gasteiger partial charge in [-0.2, -0.15) is 0 Å². The predicted octanol–water partition coefficient (Wildman–Crippen LogP) is 4.39. The van der Waals surface area contributed by atoms with Gasteiger partial charge in [0.25, 0.3) is 17.4 Å². The molecule has 8 heteroatoms. The van der Waals surface area contributed by atoms with Gasteiger partial charge in [-0.05, 0) is 37.1 Å². The topological polar surface area (TPSA) is 83.8 Å². The van der Waals surface area contributed by atoms with Crippen LogP contribution in [0.4, 0.5) is 11.4 Å². The molecule has 40 heavy (non-hydrogen) atoms. The number of nitrogens with one attached hydrogen (secondary N) is 1. The van der Waals surface area contributed by atoms with Crippen LogP contribution >= 0.6 is 11.3 Å². The van der Waals surface area contributed by atoms with Gasteiger partial charge >= 0.3 is 0 Å². The van der Waals surface area contributed by atoms with E-state index in [-0.39, 0.29) is 17.4 Å². The number of rotatable bonds is 6. The number of amides is 2. The van der Waals surface area contributed by atoms with Crippen molar-refractivity contribution in [3.8, 4) is 0 Å². The molecule has 1 atom stereocenters. The summed E-state index contributed by atoms with van der Waals surface area (Å²) in [6.07, 6.45) is 1.81. The van der Waals surface area contributed by atoms with Gasteiger partial charge < -0.3 is 10.2 Å². The summed E-state index contributed by atoms with van der Waals surface area (Å²) in [7, 11) is 0. The summed E-state index contributed by atoms with van der Waals surface area (Å²) in [5.41, 5.74) is 4.01. The third-order valence-corrected chi connectivity index (χ3v) is 8.33. The Morgan fingerprint density at radius 3 is 2.35 bits per heavy atom. The number of allylic oxidation sites excluding steroid dienone is 1. The molecular weight excluding hydrogens is 520 g/mol. The highest BCUT2D eigenvalue weighted by molar-refractivity contribution is 7.07. The Balaban J connectivity index is 1.55. The van der Waals surface area contributed by atoms with Crippen molar-refractivity contribution in [2.45, 2.75) is 32.7 Å². The van der Waals surface area contributed by atoms with Crippen molar-refractivity contribution in [2.24, 2.45) is 4.99 Å². The Bertz CT molecular complexity index is 1840.